The van der Waals surface area contributed by atoms with Crippen LogP contribution in [0.5, 0.6) is 0 Å². The summed E-state index contributed by atoms with van der Waals surface area (Å²) in [7, 11) is 1.70. The number of nitrogens with one attached hydrogen (secondary N) is 6. The Hall–Kier alpha value is -6.01. The van der Waals surface area contributed by atoms with Gasteiger partial charge in [-0.2, -0.15) is 0 Å². The molecule has 1 saturated carbocycles. The number of hydrogen-bond donors (Lipinski definition) is 10. The Morgan fingerprint density at radius 2 is 1.38 bits per heavy atom. The monoisotopic (exact) mass is 899 g/mol. The van der Waals surface area contributed by atoms with Crippen LogP contribution in [0, 0.1) is 5.92 Å². The van der Waals surface area contributed by atoms with Crippen molar-refractivity contribution in [1.82, 2.24) is 36.5 Å². The summed E-state index contributed by atoms with van der Waals surface area (Å²) in [6.45, 7) is 0.954. The Balaban J connectivity index is 1.35. The third-order valence-corrected chi connectivity index (χ3v) is 12.6. The second-order valence-corrected chi connectivity index (χ2v) is 17.4. The molecule has 14 N–H and O–H groups in total. The molecule has 2 aliphatic rings. The van der Waals surface area contributed by atoms with Crippen LogP contribution in [0.2, 0.25) is 0 Å². The van der Waals surface area contributed by atoms with Crippen LogP contribution in [0.25, 0.3) is 10.9 Å². The van der Waals surface area contributed by atoms with Crippen molar-refractivity contribution in [2.24, 2.45) is 33.8 Å². The maximum absolute atomic E-state index is 14.6. The first kappa shape index (κ1) is 50.0. The molecule has 0 radical (unpaired) electrons. The SMILES string of the molecule is CN[C@@H](Cc1ccccc1)C(=O)N[C@@H](CCCCN)C(=O)N1CCC[C@H]1C(=O)N[C@H](CC1CCCCC1)C(=O)N[C@@H](Cc1c[nH]c2ccccc12)C(=O)N[C@H](CCCN=C(N)N)C(N)=O. The van der Waals surface area contributed by atoms with Gasteiger partial charge in [-0.15, -0.1) is 0 Å². The molecule has 2 aromatic carbocycles. The molecule has 6 amide bonds. The number of H-pyrrole nitrogens is 1. The number of carbonyl (C=O) groups excluding carboxylic acids is 6. The molecule has 5 rings (SSSR count). The zero-order valence-corrected chi connectivity index (χ0v) is 37.7. The number of fused-ring (bicyclic) bond motifs is 1. The van der Waals surface area contributed by atoms with Crippen molar-refractivity contribution in [1.29, 1.82) is 0 Å². The second-order valence-electron chi connectivity index (χ2n) is 17.4. The van der Waals surface area contributed by atoms with Gasteiger partial charge in [0.15, 0.2) is 5.96 Å². The van der Waals surface area contributed by atoms with E-state index in [1.807, 2.05) is 54.6 Å². The van der Waals surface area contributed by atoms with Crippen LogP contribution in [0.1, 0.15) is 94.6 Å². The largest absolute Gasteiger partial charge is 0.370 e. The van der Waals surface area contributed by atoms with Crippen LogP contribution < -0.4 is 49.5 Å². The molecular formula is C47H70N12O6. The van der Waals surface area contributed by atoms with Crippen molar-refractivity contribution < 1.29 is 28.8 Å². The number of likely N-dealkylation sites (tertiary alicyclic amines) is 1. The Bertz CT molecular complexity index is 2070. The Kier molecular flexibility index (Phi) is 19.6. The van der Waals surface area contributed by atoms with Crippen molar-refractivity contribution in [3.05, 3.63) is 71.9 Å². The first-order valence-corrected chi connectivity index (χ1v) is 23.2. The summed E-state index contributed by atoms with van der Waals surface area (Å²) in [5.41, 5.74) is 25.0. The fraction of sp³-hybridized carbons (Fsp3) is 0.553. The topological polar surface area (TPSA) is 298 Å². The number of guanidine groups is 1. The maximum Gasteiger partial charge on any atom is 0.245 e. The van der Waals surface area contributed by atoms with Crippen LogP contribution in [-0.4, -0.2) is 114 Å². The van der Waals surface area contributed by atoms with Crippen LogP contribution in [0.15, 0.2) is 65.8 Å². The minimum absolute atomic E-state index is 0.0626. The van der Waals surface area contributed by atoms with Crippen LogP contribution >= 0.6 is 0 Å². The highest BCUT2D eigenvalue weighted by molar-refractivity contribution is 5.97. The minimum Gasteiger partial charge on any atom is -0.370 e. The van der Waals surface area contributed by atoms with Crippen molar-refractivity contribution in [3.63, 3.8) is 0 Å². The molecule has 18 heteroatoms. The summed E-state index contributed by atoms with van der Waals surface area (Å²) in [5.74, 6) is -3.08. The number of aliphatic imine (C=N–C) groups is 1. The van der Waals surface area contributed by atoms with E-state index in [2.05, 4.69) is 36.6 Å². The van der Waals surface area contributed by atoms with Crippen LogP contribution in [0.4, 0.5) is 0 Å². The van der Waals surface area contributed by atoms with Gasteiger partial charge in [0.1, 0.15) is 30.2 Å². The summed E-state index contributed by atoms with van der Waals surface area (Å²) >= 11 is 0. The average molecular weight is 899 g/mol. The molecule has 18 nitrogen and oxygen atoms in total. The van der Waals surface area contributed by atoms with Gasteiger partial charge in [-0.1, -0.05) is 80.6 Å². The Labute approximate surface area is 381 Å². The van der Waals surface area contributed by atoms with Gasteiger partial charge < -0.3 is 59.4 Å². The van der Waals surface area contributed by atoms with Crippen molar-refractivity contribution in [3.8, 4) is 0 Å². The van der Waals surface area contributed by atoms with E-state index in [0.29, 0.717) is 64.5 Å². The first-order chi connectivity index (χ1) is 31.4. The molecule has 354 valence electrons. The van der Waals surface area contributed by atoms with Gasteiger partial charge >= 0.3 is 0 Å². The lowest BCUT2D eigenvalue weighted by Gasteiger charge is -2.32. The molecule has 0 bridgehead atoms. The van der Waals surface area contributed by atoms with Crippen molar-refractivity contribution in [2.75, 3.05) is 26.7 Å². The Morgan fingerprint density at radius 3 is 2.09 bits per heavy atom. The molecule has 2 fully saturated rings. The summed E-state index contributed by atoms with van der Waals surface area (Å²) in [4.78, 5) is 92.5. The van der Waals surface area contributed by atoms with E-state index in [1.54, 1.807) is 13.2 Å². The average Bonchev–Trinajstić information content (AvgIpc) is 3.97. The highest BCUT2D eigenvalue weighted by Gasteiger charge is 2.40. The van der Waals surface area contributed by atoms with Crippen molar-refractivity contribution >= 4 is 52.3 Å². The lowest BCUT2D eigenvalue weighted by atomic mass is 9.84. The third-order valence-electron chi connectivity index (χ3n) is 12.6. The van der Waals surface area contributed by atoms with Crippen LogP contribution in [0.3, 0.4) is 0 Å². The predicted molar refractivity (Wildman–Crippen MR) is 251 cm³/mol. The summed E-state index contributed by atoms with van der Waals surface area (Å²) < 4.78 is 0. The van der Waals surface area contributed by atoms with E-state index in [-0.39, 0.29) is 43.1 Å². The smallest absolute Gasteiger partial charge is 0.245 e. The number of carbonyl (C=O) groups is 6. The highest BCUT2D eigenvalue weighted by Crippen LogP contribution is 2.28. The van der Waals surface area contributed by atoms with Gasteiger partial charge in [-0.05, 0) is 94.5 Å². The fourth-order valence-corrected chi connectivity index (χ4v) is 9.02. The lowest BCUT2D eigenvalue weighted by Crippen LogP contribution is -2.59. The molecule has 2 heterocycles. The van der Waals surface area contributed by atoms with Crippen LogP contribution in [-0.2, 0) is 41.6 Å². The number of rotatable bonds is 25. The number of likely N-dealkylation sites (N-methyl/N-ethyl adjacent to an activating group) is 1. The zero-order chi connectivity index (χ0) is 46.7. The maximum atomic E-state index is 14.6. The normalized spacial score (nSPS) is 17.6. The highest BCUT2D eigenvalue weighted by atomic mass is 16.2. The molecule has 0 unspecified atom stereocenters. The molecule has 3 aromatic rings. The summed E-state index contributed by atoms with van der Waals surface area (Å²) in [6, 6.07) is 11.5. The summed E-state index contributed by atoms with van der Waals surface area (Å²) in [6.07, 6.45) is 10.5. The number of primary amides is 1. The fourth-order valence-electron chi connectivity index (χ4n) is 9.02. The number of unbranched alkanes of at least 4 members (excludes halogenated alkanes) is 1. The quantitative estimate of drug-likeness (QED) is 0.0328. The molecule has 1 aromatic heterocycles. The molecule has 1 saturated heterocycles. The molecule has 65 heavy (non-hydrogen) atoms. The van der Waals surface area contributed by atoms with Gasteiger partial charge in [0, 0.05) is 36.6 Å². The first-order valence-electron chi connectivity index (χ1n) is 23.2. The number of aromatic nitrogens is 1. The number of aromatic amines is 1. The van der Waals surface area contributed by atoms with Gasteiger partial charge in [-0.3, -0.25) is 33.8 Å². The van der Waals surface area contributed by atoms with E-state index in [1.165, 1.54) is 4.90 Å². The van der Waals surface area contributed by atoms with E-state index in [0.717, 1.165) is 54.1 Å². The van der Waals surface area contributed by atoms with E-state index in [9.17, 15) is 28.8 Å². The minimum atomic E-state index is -1.17. The van der Waals surface area contributed by atoms with E-state index in [4.69, 9.17) is 22.9 Å². The number of nitrogens with zero attached hydrogens (tertiary/aromatic N) is 2. The number of nitrogens with two attached hydrogens (primary N) is 4. The van der Waals surface area contributed by atoms with Gasteiger partial charge in [0.05, 0.1) is 6.04 Å². The van der Waals surface area contributed by atoms with Crippen molar-refractivity contribution in [2.45, 2.75) is 133 Å². The molecule has 1 aliphatic heterocycles. The van der Waals surface area contributed by atoms with Gasteiger partial charge in [-0.25, -0.2) is 0 Å². The number of benzene rings is 2. The lowest BCUT2D eigenvalue weighted by molar-refractivity contribution is -0.142. The Morgan fingerprint density at radius 1 is 0.723 bits per heavy atom. The van der Waals surface area contributed by atoms with E-state index < -0.39 is 59.9 Å². The molecule has 1 aliphatic carbocycles. The number of hydrogen-bond acceptors (Lipinski definition) is 9. The molecular weight excluding hydrogens is 829 g/mol. The molecule has 0 spiro atoms. The third kappa shape index (κ3) is 15.0. The second kappa shape index (κ2) is 25.5. The predicted octanol–water partition coefficient (Wildman–Crippen LogP) is 1.11. The number of amides is 6. The van der Waals surface area contributed by atoms with Gasteiger partial charge in [0.25, 0.3) is 0 Å². The number of para-hydroxylation sites is 1. The van der Waals surface area contributed by atoms with E-state index >= 15 is 0 Å². The summed E-state index contributed by atoms with van der Waals surface area (Å²) in [5, 5.41) is 15.6. The van der Waals surface area contributed by atoms with Gasteiger partial charge in [0.2, 0.25) is 35.4 Å². The zero-order valence-electron chi connectivity index (χ0n) is 37.7. The molecule has 6 atom stereocenters. The standard InChI is InChI=1S/C47H70N12O6/c1-52-37(26-30-14-4-2-5-15-30)42(61)56-36(20-10-11-23-48)46(65)59-25-13-22-40(59)45(64)58-38(27-31-16-6-3-7-17-31)43(62)57-39(28-32-29-54-34-19-9-8-18-33(32)34)44(63)55-35(41(49)60)21-12-24-53-47(50)51/h2,4-5,8-9,14-15,18-19,29,31,35-40,52,54H,3,6-7,10-13,16-17,20-28,48H2,1H3,(H2,49,60)(H,55,63)(H,56,61)(H,57,62)(H,58,64)(H4,50,51,53)/t35-,36+,37+,38-,39+,40+/m1/s1.